The molecule has 0 radical (unpaired) electrons. The Morgan fingerprint density at radius 3 is 2.96 bits per heavy atom. The second-order valence-electron chi connectivity index (χ2n) is 6.79. The number of ether oxygens (including phenoxy) is 2. The zero-order valence-corrected chi connectivity index (χ0v) is 16.1. The van der Waals surface area contributed by atoms with Gasteiger partial charge in [-0.15, -0.1) is 0 Å². The van der Waals surface area contributed by atoms with Crippen molar-refractivity contribution in [3.05, 3.63) is 35.8 Å². The highest BCUT2D eigenvalue weighted by Gasteiger charge is 2.22. The molecule has 0 aliphatic carbocycles. The molecule has 0 saturated heterocycles. The van der Waals surface area contributed by atoms with Crippen LogP contribution >= 0.6 is 0 Å². The number of para-hydroxylation sites is 1. The number of anilines is 1. The highest BCUT2D eigenvalue weighted by molar-refractivity contribution is 5.87. The van der Waals surface area contributed by atoms with E-state index in [1.807, 2.05) is 30.1 Å². The largest absolute Gasteiger partial charge is 0.493 e. The van der Waals surface area contributed by atoms with Gasteiger partial charge in [0, 0.05) is 32.1 Å². The Bertz CT molecular complexity index is 953. The molecule has 142 valence electrons. The molecule has 1 aliphatic rings. The summed E-state index contributed by atoms with van der Waals surface area (Å²) in [7, 11) is 3.60. The summed E-state index contributed by atoms with van der Waals surface area (Å²) in [5.74, 6) is 3.42. The van der Waals surface area contributed by atoms with Crippen molar-refractivity contribution in [1.82, 2.24) is 19.7 Å². The molecule has 27 heavy (non-hydrogen) atoms. The molecule has 0 N–H and O–H groups in total. The monoisotopic (exact) mass is 367 g/mol. The van der Waals surface area contributed by atoms with Crippen molar-refractivity contribution >= 4 is 16.9 Å². The number of methoxy groups -OCH3 is 1. The van der Waals surface area contributed by atoms with Gasteiger partial charge in [0.2, 0.25) is 0 Å². The molecule has 1 aromatic carbocycles. The molecular formula is C20H25N5O2. The summed E-state index contributed by atoms with van der Waals surface area (Å²) in [5, 5.41) is 5.40. The van der Waals surface area contributed by atoms with Crippen molar-refractivity contribution in [2.75, 3.05) is 25.2 Å². The minimum Gasteiger partial charge on any atom is -0.493 e. The fourth-order valence-electron chi connectivity index (χ4n) is 3.53. The molecule has 0 fully saturated rings. The third-order valence-corrected chi connectivity index (χ3v) is 4.85. The summed E-state index contributed by atoms with van der Waals surface area (Å²) in [6.07, 6.45) is 4.64. The van der Waals surface area contributed by atoms with Crippen molar-refractivity contribution in [2.24, 2.45) is 7.05 Å². The van der Waals surface area contributed by atoms with Gasteiger partial charge in [-0.3, -0.25) is 4.68 Å². The number of hydrogen-bond donors (Lipinski definition) is 0. The number of aromatic nitrogens is 4. The van der Waals surface area contributed by atoms with Crippen LogP contribution in [0.3, 0.4) is 0 Å². The van der Waals surface area contributed by atoms with Crippen LogP contribution in [0.4, 0.5) is 5.82 Å². The fourth-order valence-corrected chi connectivity index (χ4v) is 3.53. The molecule has 4 rings (SSSR count). The lowest BCUT2D eigenvalue weighted by Crippen LogP contribution is -2.29. The zero-order chi connectivity index (χ0) is 18.8. The molecule has 7 nitrogen and oxygen atoms in total. The van der Waals surface area contributed by atoms with E-state index in [0.29, 0.717) is 13.2 Å². The van der Waals surface area contributed by atoms with Crippen LogP contribution in [0, 0.1) is 0 Å². The summed E-state index contributed by atoms with van der Waals surface area (Å²) in [6, 6.07) is 6.03. The van der Waals surface area contributed by atoms with E-state index in [4.69, 9.17) is 19.4 Å². The van der Waals surface area contributed by atoms with E-state index in [0.717, 1.165) is 65.5 Å². The highest BCUT2D eigenvalue weighted by Crippen LogP contribution is 2.35. The SMILES string of the molecule is CCCc1nc(N2CCCOc3c(cccc3OC)C2)c2cnn(C)c2n1. The standard InChI is InChI=1S/C20H25N5O2/c1-4-7-17-22-19-15(12-21-24(19)2)20(23-17)25-10-6-11-27-18-14(13-25)8-5-9-16(18)26-3/h5,8-9,12H,4,6-7,10-11,13H2,1-3H3. The van der Waals surface area contributed by atoms with Crippen molar-refractivity contribution in [3.63, 3.8) is 0 Å². The first-order chi connectivity index (χ1) is 13.2. The molecular weight excluding hydrogens is 342 g/mol. The molecule has 2 aromatic heterocycles. The second-order valence-corrected chi connectivity index (χ2v) is 6.79. The number of nitrogens with zero attached hydrogens (tertiary/aromatic N) is 5. The average Bonchev–Trinajstić information content (AvgIpc) is 3.03. The summed E-state index contributed by atoms with van der Waals surface area (Å²) in [5.41, 5.74) is 1.98. The second kappa shape index (κ2) is 7.42. The van der Waals surface area contributed by atoms with Crippen LogP contribution in [0.15, 0.2) is 24.4 Å². The van der Waals surface area contributed by atoms with E-state index in [9.17, 15) is 0 Å². The molecule has 0 bridgehead atoms. The lowest BCUT2D eigenvalue weighted by molar-refractivity contribution is 0.281. The number of hydrogen-bond acceptors (Lipinski definition) is 6. The Hall–Kier alpha value is -2.83. The Labute approximate surface area is 158 Å². The Morgan fingerprint density at radius 2 is 2.15 bits per heavy atom. The molecule has 3 aromatic rings. The Kier molecular flexibility index (Phi) is 4.83. The smallest absolute Gasteiger partial charge is 0.166 e. The number of fused-ring (bicyclic) bond motifs is 2. The molecule has 0 atom stereocenters. The summed E-state index contributed by atoms with van der Waals surface area (Å²) in [6.45, 7) is 4.36. The van der Waals surface area contributed by atoms with Crippen LogP contribution in [0.5, 0.6) is 11.5 Å². The van der Waals surface area contributed by atoms with Crippen LogP contribution in [0.1, 0.15) is 31.2 Å². The molecule has 0 saturated carbocycles. The minimum atomic E-state index is 0.646. The van der Waals surface area contributed by atoms with Gasteiger partial charge < -0.3 is 14.4 Å². The van der Waals surface area contributed by atoms with Gasteiger partial charge in [-0.1, -0.05) is 19.1 Å². The molecule has 0 spiro atoms. The average molecular weight is 367 g/mol. The van der Waals surface area contributed by atoms with Gasteiger partial charge >= 0.3 is 0 Å². The van der Waals surface area contributed by atoms with Crippen molar-refractivity contribution in [1.29, 1.82) is 0 Å². The van der Waals surface area contributed by atoms with E-state index in [1.165, 1.54) is 0 Å². The van der Waals surface area contributed by atoms with Gasteiger partial charge in [-0.25, -0.2) is 9.97 Å². The third-order valence-electron chi connectivity index (χ3n) is 4.85. The van der Waals surface area contributed by atoms with Crippen molar-refractivity contribution in [3.8, 4) is 11.5 Å². The minimum absolute atomic E-state index is 0.646. The predicted molar refractivity (Wildman–Crippen MR) is 104 cm³/mol. The first kappa shape index (κ1) is 17.6. The maximum absolute atomic E-state index is 5.99. The lowest BCUT2D eigenvalue weighted by Gasteiger charge is -2.28. The van der Waals surface area contributed by atoms with Gasteiger partial charge in [-0.2, -0.15) is 5.10 Å². The van der Waals surface area contributed by atoms with Crippen molar-refractivity contribution in [2.45, 2.75) is 32.7 Å². The maximum Gasteiger partial charge on any atom is 0.166 e. The number of benzene rings is 1. The Morgan fingerprint density at radius 1 is 1.26 bits per heavy atom. The van der Waals surface area contributed by atoms with Crippen LogP contribution in [0.25, 0.3) is 11.0 Å². The molecule has 0 amide bonds. The third kappa shape index (κ3) is 3.29. The van der Waals surface area contributed by atoms with E-state index in [2.05, 4.69) is 23.0 Å². The van der Waals surface area contributed by atoms with E-state index >= 15 is 0 Å². The quantitative estimate of drug-likeness (QED) is 0.706. The molecule has 7 heteroatoms. The molecule has 3 heterocycles. The Balaban J connectivity index is 1.80. The van der Waals surface area contributed by atoms with Crippen LogP contribution < -0.4 is 14.4 Å². The zero-order valence-electron chi connectivity index (χ0n) is 16.1. The fraction of sp³-hybridized carbons (Fsp3) is 0.450. The molecule has 0 unspecified atom stereocenters. The highest BCUT2D eigenvalue weighted by atomic mass is 16.5. The van der Waals surface area contributed by atoms with Gasteiger partial charge in [0.1, 0.15) is 11.6 Å². The lowest BCUT2D eigenvalue weighted by atomic mass is 10.1. The van der Waals surface area contributed by atoms with Gasteiger partial charge in [-0.05, 0) is 18.9 Å². The van der Waals surface area contributed by atoms with E-state index in [-0.39, 0.29) is 0 Å². The van der Waals surface area contributed by atoms with Crippen molar-refractivity contribution < 1.29 is 9.47 Å². The first-order valence-corrected chi connectivity index (χ1v) is 9.43. The van der Waals surface area contributed by atoms with Crippen LogP contribution in [0.2, 0.25) is 0 Å². The van der Waals surface area contributed by atoms with Gasteiger partial charge in [0.05, 0.1) is 25.3 Å². The predicted octanol–water partition coefficient (Wildman–Crippen LogP) is 3.11. The summed E-state index contributed by atoms with van der Waals surface area (Å²) in [4.78, 5) is 11.9. The van der Waals surface area contributed by atoms with Crippen LogP contribution in [-0.2, 0) is 20.0 Å². The first-order valence-electron chi connectivity index (χ1n) is 9.43. The molecule has 1 aliphatic heterocycles. The van der Waals surface area contributed by atoms with E-state index < -0.39 is 0 Å². The topological polar surface area (TPSA) is 65.3 Å². The van der Waals surface area contributed by atoms with Crippen LogP contribution in [-0.4, -0.2) is 40.0 Å². The number of rotatable bonds is 4. The number of aryl methyl sites for hydroxylation is 2. The summed E-state index contributed by atoms with van der Waals surface area (Å²) >= 11 is 0. The normalized spacial score (nSPS) is 14.4. The maximum atomic E-state index is 5.99. The summed E-state index contributed by atoms with van der Waals surface area (Å²) < 4.78 is 13.3. The van der Waals surface area contributed by atoms with Gasteiger partial charge in [0.15, 0.2) is 17.1 Å². The van der Waals surface area contributed by atoms with E-state index in [1.54, 1.807) is 7.11 Å². The van der Waals surface area contributed by atoms with Gasteiger partial charge in [0.25, 0.3) is 0 Å².